The van der Waals surface area contributed by atoms with Crippen molar-refractivity contribution in [2.75, 3.05) is 0 Å². The van der Waals surface area contributed by atoms with E-state index < -0.39 is 60.2 Å². The van der Waals surface area contributed by atoms with Gasteiger partial charge in [-0.2, -0.15) is 0 Å². The summed E-state index contributed by atoms with van der Waals surface area (Å²) in [6.07, 6.45) is -0.0388. The van der Waals surface area contributed by atoms with Crippen molar-refractivity contribution in [2.45, 2.75) is 84.0 Å². The van der Waals surface area contributed by atoms with Crippen molar-refractivity contribution in [2.24, 2.45) is 17.6 Å². The molecule has 1 aromatic carbocycles. The fraction of sp³-hybridized carbons (Fsp3) is 0.577. The molecule has 0 aliphatic rings. The van der Waals surface area contributed by atoms with E-state index in [-0.39, 0.29) is 31.1 Å². The molecule has 7 N–H and O–H groups in total. The average Bonchev–Trinajstić information content (AvgIpc) is 2.80. The molecule has 0 heterocycles. The first-order chi connectivity index (χ1) is 17.3. The zero-order valence-corrected chi connectivity index (χ0v) is 21.9. The molecule has 1 aromatic rings. The van der Waals surface area contributed by atoms with Crippen molar-refractivity contribution in [1.29, 1.82) is 0 Å². The van der Waals surface area contributed by atoms with E-state index in [1.807, 2.05) is 13.8 Å². The summed E-state index contributed by atoms with van der Waals surface area (Å²) in [5, 5.41) is 26.1. The lowest BCUT2D eigenvalue weighted by molar-refractivity contribution is -0.143. The number of benzene rings is 1. The van der Waals surface area contributed by atoms with Crippen LogP contribution in [0.3, 0.4) is 0 Å². The Morgan fingerprint density at radius 2 is 1.27 bits per heavy atom. The van der Waals surface area contributed by atoms with Crippen LogP contribution in [0.4, 0.5) is 0 Å². The van der Waals surface area contributed by atoms with Gasteiger partial charge in [0.2, 0.25) is 17.7 Å². The van der Waals surface area contributed by atoms with Gasteiger partial charge >= 0.3 is 11.9 Å². The summed E-state index contributed by atoms with van der Waals surface area (Å²) in [6, 6.07) is 4.45. The van der Waals surface area contributed by atoms with E-state index in [0.717, 1.165) is 5.56 Å². The molecule has 11 nitrogen and oxygen atoms in total. The van der Waals surface area contributed by atoms with Crippen LogP contribution in [-0.2, 0) is 30.4 Å². The number of hydrogen-bond acceptors (Lipinski definition) is 6. The molecule has 1 rings (SSSR count). The number of nitrogens with one attached hydrogen (secondary N) is 3. The number of carbonyl (C=O) groups is 5. The van der Waals surface area contributed by atoms with E-state index in [2.05, 4.69) is 16.0 Å². The Kier molecular flexibility index (Phi) is 13.3. The highest BCUT2D eigenvalue weighted by atomic mass is 16.4. The van der Waals surface area contributed by atoms with Gasteiger partial charge in [-0.1, -0.05) is 58.0 Å². The number of amides is 3. The van der Waals surface area contributed by atoms with Crippen molar-refractivity contribution in [3.05, 3.63) is 35.9 Å². The van der Waals surface area contributed by atoms with Crippen molar-refractivity contribution < 1.29 is 34.2 Å². The topological polar surface area (TPSA) is 188 Å². The maximum absolute atomic E-state index is 13.3. The number of carboxylic acid groups (broad SMARTS) is 2. The van der Waals surface area contributed by atoms with Crippen LogP contribution in [0.5, 0.6) is 0 Å². The maximum Gasteiger partial charge on any atom is 0.326 e. The minimum Gasteiger partial charge on any atom is -0.481 e. The highest BCUT2D eigenvalue weighted by molar-refractivity contribution is 5.94. The molecule has 0 bridgehead atoms. The molecule has 0 aliphatic heterocycles. The maximum atomic E-state index is 13.3. The minimum absolute atomic E-state index is 0.0334. The van der Waals surface area contributed by atoms with E-state index in [0.29, 0.717) is 6.42 Å². The fourth-order valence-electron chi connectivity index (χ4n) is 3.73. The molecule has 4 atom stereocenters. The molecular formula is C26H40N4O7. The summed E-state index contributed by atoms with van der Waals surface area (Å²) in [7, 11) is 0. The third-order valence-electron chi connectivity index (χ3n) is 5.58. The Morgan fingerprint density at radius 1 is 0.757 bits per heavy atom. The predicted octanol–water partition coefficient (Wildman–Crippen LogP) is 1.05. The first-order valence-corrected chi connectivity index (χ1v) is 12.4. The lowest BCUT2D eigenvalue weighted by atomic mass is 10.0. The highest BCUT2D eigenvalue weighted by Gasteiger charge is 2.31. The van der Waals surface area contributed by atoms with E-state index in [9.17, 15) is 29.1 Å². The number of aliphatic carboxylic acids is 2. The van der Waals surface area contributed by atoms with Crippen molar-refractivity contribution >= 4 is 29.7 Å². The second-order valence-corrected chi connectivity index (χ2v) is 10.0. The molecule has 206 valence electrons. The van der Waals surface area contributed by atoms with Gasteiger partial charge in [0.05, 0.1) is 6.04 Å². The Balaban J connectivity index is 3.13. The molecular weight excluding hydrogens is 480 g/mol. The molecule has 0 saturated carbocycles. The lowest BCUT2D eigenvalue weighted by Crippen LogP contribution is -2.57. The molecule has 0 aliphatic carbocycles. The summed E-state index contributed by atoms with van der Waals surface area (Å²) in [5.74, 6) is -4.36. The molecule has 0 saturated heterocycles. The van der Waals surface area contributed by atoms with Gasteiger partial charge in [0, 0.05) is 12.8 Å². The van der Waals surface area contributed by atoms with Crippen LogP contribution in [0.15, 0.2) is 30.3 Å². The first kappa shape index (κ1) is 31.6. The third-order valence-corrected chi connectivity index (χ3v) is 5.58. The van der Waals surface area contributed by atoms with Crippen molar-refractivity contribution in [1.82, 2.24) is 16.0 Å². The van der Waals surface area contributed by atoms with E-state index in [1.165, 1.54) is 0 Å². The van der Waals surface area contributed by atoms with E-state index >= 15 is 0 Å². The van der Waals surface area contributed by atoms with Gasteiger partial charge in [-0.25, -0.2) is 4.79 Å². The molecule has 3 amide bonds. The molecule has 0 fully saturated rings. The first-order valence-electron chi connectivity index (χ1n) is 12.4. The molecule has 0 radical (unpaired) electrons. The van der Waals surface area contributed by atoms with Gasteiger partial charge in [-0.05, 0) is 36.7 Å². The zero-order valence-electron chi connectivity index (χ0n) is 21.9. The van der Waals surface area contributed by atoms with Crippen LogP contribution in [0.25, 0.3) is 0 Å². The largest absolute Gasteiger partial charge is 0.481 e. The number of hydrogen-bond donors (Lipinski definition) is 6. The number of rotatable bonds is 16. The van der Waals surface area contributed by atoms with Crippen LogP contribution in [-0.4, -0.2) is 64.0 Å². The lowest BCUT2D eigenvalue weighted by Gasteiger charge is -2.25. The van der Waals surface area contributed by atoms with Gasteiger partial charge < -0.3 is 31.9 Å². The number of nitrogens with two attached hydrogens (primary N) is 1. The monoisotopic (exact) mass is 520 g/mol. The van der Waals surface area contributed by atoms with Crippen LogP contribution >= 0.6 is 0 Å². The number of carbonyl (C=O) groups excluding carboxylic acids is 3. The van der Waals surface area contributed by atoms with E-state index in [4.69, 9.17) is 10.8 Å². The molecule has 0 aromatic heterocycles. The third kappa shape index (κ3) is 12.4. The van der Waals surface area contributed by atoms with Gasteiger partial charge in [0.15, 0.2) is 0 Å². The van der Waals surface area contributed by atoms with Crippen LogP contribution in [0.1, 0.15) is 58.9 Å². The summed E-state index contributed by atoms with van der Waals surface area (Å²) in [6.45, 7) is 7.42. The van der Waals surface area contributed by atoms with Crippen LogP contribution in [0.2, 0.25) is 0 Å². The Morgan fingerprint density at radius 3 is 1.78 bits per heavy atom. The van der Waals surface area contributed by atoms with Crippen molar-refractivity contribution in [3.63, 3.8) is 0 Å². The summed E-state index contributed by atoms with van der Waals surface area (Å²) >= 11 is 0. The minimum atomic E-state index is -1.32. The predicted molar refractivity (Wildman–Crippen MR) is 137 cm³/mol. The van der Waals surface area contributed by atoms with Crippen LogP contribution < -0.4 is 21.7 Å². The highest BCUT2D eigenvalue weighted by Crippen LogP contribution is 2.09. The second kappa shape index (κ2) is 15.6. The second-order valence-electron chi connectivity index (χ2n) is 10.0. The average molecular weight is 521 g/mol. The quantitative estimate of drug-likeness (QED) is 0.186. The van der Waals surface area contributed by atoms with Gasteiger partial charge in [0.25, 0.3) is 0 Å². The summed E-state index contributed by atoms with van der Waals surface area (Å²) < 4.78 is 0. The smallest absolute Gasteiger partial charge is 0.326 e. The molecule has 0 spiro atoms. The molecule has 4 unspecified atom stereocenters. The summed E-state index contributed by atoms with van der Waals surface area (Å²) in [4.78, 5) is 61.7. The fourth-order valence-corrected chi connectivity index (χ4v) is 3.73. The zero-order chi connectivity index (χ0) is 28.1. The Labute approximate surface area is 217 Å². The van der Waals surface area contributed by atoms with Crippen molar-refractivity contribution in [3.8, 4) is 0 Å². The SMILES string of the molecule is CC(C)CC(N)C(=O)NC(Cc1ccccc1)C(=O)NC(CCC(=O)O)C(=O)NC(CC(C)C)C(=O)O. The Hall–Kier alpha value is -3.47. The molecule has 37 heavy (non-hydrogen) atoms. The summed E-state index contributed by atoms with van der Waals surface area (Å²) in [5.41, 5.74) is 6.73. The molecule has 11 heteroatoms. The van der Waals surface area contributed by atoms with Crippen LogP contribution in [0, 0.1) is 11.8 Å². The van der Waals surface area contributed by atoms with E-state index in [1.54, 1.807) is 44.2 Å². The van der Waals surface area contributed by atoms with Gasteiger partial charge in [-0.3, -0.25) is 19.2 Å². The number of carboxylic acids is 2. The van der Waals surface area contributed by atoms with Gasteiger partial charge in [-0.15, -0.1) is 0 Å². The normalized spacial score (nSPS) is 14.4. The standard InChI is InChI=1S/C26H40N4O7/c1-15(2)12-18(27)23(33)29-20(14-17-8-6-5-7-9-17)25(35)28-19(10-11-22(31)32)24(34)30-21(26(36)37)13-16(3)4/h5-9,15-16,18-21H,10-14,27H2,1-4H3,(H,28,35)(H,29,33)(H,30,34)(H,31,32)(H,36,37). The van der Waals surface area contributed by atoms with Gasteiger partial charge in [0.1, 0.15) is 18.1 Å². The Bertz CT molecular complexity index is 921.